The third-order valence-corrected chi connectivity index (χ3v) is 4.53. The molecule has 0 spiro atoms. The molecule has 1 unspecified atom stereocenters. The number of aryl methyl sites for hydroxylation is 2. The summed E-state index contributed by atoms with van der Waals surface area (Å²) in [5, 5.41) is 11.0. The number of benzene rings is 1. The molecule has 0 fully saturated rings. The number of hydrogen-bond donors (Lipinski definition) is 1. The van der Waals surface area contributed by atoms with Crippen molar-refractivity contribution in [2.24, 2.45) is 0 Å². The Bertz CT molecular complexity index is 547. The van der Waals surface area contributed by atoms with Crippen LogP contribution in [0.4, 0.5) is 0 Å². The first kappa shape index (κ1) is 10.9. The van der Waals surface area contributed by atoms with E-state index in [-0.39, 0.29) is 6.10 Å². The number of hydrogen-bond acceptors (Lipinski definition) is 3. The normalized spacial score (nSPS) is 19.1. The summed E-state index contributed by atoms with van der Waals surface area (Å²) in [5.41, 5.74) is 3.54. The lowest BCUT2D eigenvalue weighted by Crippen LogP contribution is -2.06. The van der Waals surface area contributed by atoms with Crippen molar-refractivity contribution in [2.45, 2.75) is 32.3 Å². The summed E-state index contributed by atoms with van der Waals surface area (Å²) < 4.78 is 0. The Kier molecular flexibility index (Phi) is 2.73. The molecular formula is C14H15NOS. The standard InChI is InChI=1S/C14H15NOS/c1-9-5-2-3-6-10(9)14-15-11-7-4-8-12(16)13(11)17-14/h2-3,5-6,12,16H,4,7-8H2,1H3. The van der Waals surface area contributed by atoms with Gasteiger partial charge in [-0.15, -0.1) is 11.3 Å². The molecular weight excluding hydrogens is 230 g/mol. The van der Waals surface area contributed by atoms with E-state index in [2.05, 4.69) is 19.1 Å². The van der Waals surface area contributed by atoms with Crippen LogP contribution in [0.25, 0.3) is 10.6 Å². The molecule has 1 heterocycles. The van der Waals surface area contributed by atoms with Crippen molar-refractivity contribution >= 4 is 11.3 Å². The third-order valence-electron chi connectivity index (χ3n) is 3.30. The van der Waals surface area contributed by atoms with Gasteiger partial charge in [0.25, 0.3) is 0 Å². The van der Waals surface area contributed by atoms with Gasteiger partial charge in [0.15, 0.2) is 0 Å². The molecule has 0 aliphatic heterocycles. The Morgan fingerprint density at radius 2 is 2.18 bits per heavy atom. The zero-order valence-corrected chi connectivity index (χ0v) is 10.6. The number of fused-ring (bicyclic) bond motifs is 1. The van der Waals surface area contributed by atoms with E-state index in [1.807, 2.05) is 12.1 Å². The van der Waals surface area contributed by atoms with E-state index >= 15 is 0 Å². The van der Waals surface area contributed by atoms with Gasteiger partial charge in [0, 0.05) is 5.56 Å². The summed E-state index contributed by atoms with van der Waals surface area (Å²) in [6, 6.07) is 8.29. The topological polar surface area (TPSA) is 33.1 Å². The van der Waals surface area contributed by atoms with Crippen molar-refractivity contribution in [1.29, 1.82) is 0 Å². The Morgan fingerprint density at radius 3 is 2.94 bits per heavy atom. The van der Waals surface area contributed by atoms with Gasteiger partial charge in [0.2, 0.25) is 0 Å². The van der Waals surface area contributed by atoms with Crippen LogP contribution in [0.2, 0.25) is 0 Å². The maximum absolute atomic E-state index is 9.96. The van der Waals surface area contributed by atoms with E-state index in [1.165, 1.54) is 11.1 Å². The first-order valence-electron chi connectivity index (χ1n) is 5.99. The quantitative estimate of drug-likeness (QED) is 0.834. The van der Waals surface area contributed by atoms with Gasteiger partial charge in [-0.2, -0.15) is 0 Å². The molecule has 1 aromatic heterocycles. The second kappa shape index (κ2) is 4.24. The average molecular weight is 245 g/mol. The molecule has 1 aliphatic rings. The van der Waals surface area contributed by atoms with E-state index in [0.29, 0.717) is 0 Å². The van der Waals surface area contributed by atoms with Gasteiger partial charge < -0.3 is 5.11 Å². The van der Waals surface area contributed by atoms with Crippen LogP contribution in [0.15, 0.2) is 24.3 Å². The van der Waals surface area contributed by atoms with Crippen LogP contribution in [0.5, 0.6) is 0 Å². The molecule has 17 heavy (non-hydrogen) atoms. The van der Waals surface area contributed by atoms with Crippen LogP contribution in [-0.4, -0.2) is 10.1 Å². The Hall–Kier alpha value is -1.19. The van der Waals surface area contributed by atoms with Gasteiger partial charge in [0.1, 0.15) is 5.01 Å². The van der Waals surface area contributed by atoms with E-state index in [4.69, 9.17) is 4.98 Å². The first-order valence-corrected chi connectivity index (χ1v) is 6.81. The number of aromatic nitrogens is 1. The van der Waals surface area contributed by atoms with E-state index < -0.39 is 0 Å². The predicted molar refractivity (Wildman–Crippen MR) is 70.2 cm³/mol. The molecule has 88 valence electrons. The molecule has 2 nitrogen and oxygen atoms in total. The van der Waals surface area contributed by atoms with Crippen molar-refractivity contribution in [3.63, 3.8) is 0 Å². The second-order valence-electron chi connectivity index (χ2n) is 4.55. The van der Waals surface area contributed by atoms with Gasteiger partial charge >= 0.3 is 0 Å². The number of aliphatic hydroxyl groups is 1. The smallest absolute Gasteiger partial charge is 0.124 e. The fourth-order valence-electron chi connectivity index (χ4n) is 2.33. The second-order valence-corrected chi connectivity index (χ2v) is 5.58. The average Bonchev–Trinajstić information content (AvgIpc) is 2.75. The Balaban J connectivity index is 2.08. The van der Waals surface area contributed by atoms with E-state index in [9.17, 15) is 5.11 Å². The largest absolute Gasteiger partial charge is 0.388 e. The maximum Gasteiger partial charge on any atom is 0.124 e. The maximum atomic E-state index is 9.96. The zero-order chi connectivity index (χ0) is 11.8. The Morgan fingerprint density at radius 1 is 1.35 bits per heavy atom. The molecule has 1 N–H and O–H groups in total. The molecule has 3 heteroatoms. The van der Waals surface area contributed by atoms with Crippen LogP contribution in [0.1, 0.15) is 35.1 Å². The third kappa shape index (κ3) is 1.90. The highest BCUT2D eigenvalue weighted by Gasteiger charge is 2.23. The molecule has 0 radical (unpaired) electrons. The van der Waals surface area contributed by atoms with Crippen molar-refractivity contribution < 1.29 is 5.11 Å². The monoisotopic (exact) mass is 245 g/mol. The molecule has 2 aromatic rings. The van der Waals surface area contributed by atoms with Gasteiger partial charge in [-0.25, -0.2) is 4.98 Å². The van der Waals surface area contributed by atoms with Crippen LogP contribution < -0.4 is 0 Å². The molecule has 1 aromatic carbocycles. The Labute approximate surface area is 105 Å². The fourth-order valence-corrected chi connectivity index (χ4v) is 3.55. The highest BCUT2D eigenvalue weighted by atomic mass is 32.1. The summed E-state index contributed by atoms with van der Waals surface area (Å²) in [7, 11) is 0. The zero-order valence-electron chi connectivity index (χ0n) is 9.81. The van der Waals surface area contributed by atoms with Gasteiger partial charge in [-0.3, -0.25) is 0 Å². The minimum Gasteiger partial charge on any atom is -0.388 e. The highest BCUT2D eigenvalue weighted by molar-refractivity contribution is 7.15. The van der Waals surface area contributed by atoms with Crippen molar-refractivity contribution in [1.82, 2.24) is 4.98 Å². The number of aliphatic hydroxyl groups excluding tert-OH is 1. The summed E-state index contributed by atoms with van der Waals surface area (Å²) in [6.45, 7) is 2.10. The molecule has 0 amide bonds. The van der Waals surface area contributed by atoms with E-state index in [1.54, 1.807) is 11.3 Å². The highest BCUT2D eigenvalue weighted by Crippen LogP contribution is 2.38. The predicted octanol–water partition coefficient (Wildman–Crippen LogP) is 3.49. The first-order chi connectivity index (χ1) is 8.25. The van der Waals surface area contributed by atoms with Crippen LogP contribution >= 0.6 is 11.3 Å². The summed E-state index contributed by atoms with van der Waals surface area (Å²) in [5.74, 6) is 0. The van der Waals surface area contributed by atoms with Crippen LogP contribution in [-0.2, 0) is 6.42 Å². The summed E-state index contributed by atoms with van der Waals surface area (Å²) >= 11 is 1.65. The molecule has 0 saturated heterocycles. The minimum atomic E-state index is -0.297. The van der Waals surface area contributed by atoms with Crippen LogP contribution in [0.3, 0.4) is 0 Å². The molecule has 3 rings (SSSR count). The molecule has 1 atom stereocenters. The van der Waals surface area contributed by atoms with Crippen LogP contribution in [0, 0.1) is 6.92 Å². The number of nitrogens with zero attached hydrogens (tertiary/aromatic N) is 1. The minimum absolute atomic E-state index is 0.297. The van der Waals surface area contributed by atoms with Crippen molar-refractivity contribution in [2.75, 3.05) is 0 Å². The summed E-state index contributed by atoms with van der Waals surface area (Å²) in [6.07, 6.45) is 2.64. The van der Waals surface area contributed by atoms with Gasteiger partial charge in [-0.05, 0) is 31.7 Å². The number of rotatable bonds is 1. The molecule has 0 bridgehead atoms. The van der Waals surface area contributed by atoms with Gasteiger partial charge in [-0.1, -0.05) is 24.3 Å². The lowest BCUT2D eigenvalue weighted by atomic mass is 10.0. The fraction of sp³-hybridized carbons (Fsp3) is 0.357. The van der Waals surface area contributed by atoms with E-state index in [0.717, 1.165) is 34.8 Å². The summed E-state index contributed by atoms with van der Waals surface area (Å²) in [4.78, 5) is 5.77. The lowest BCUT2D eigenvalue weighted by Gasteiger charge is -2.14. The molecule has 1 aliphatic carbocycles. The van der Waals surface area contributed by atoms with Crippen molar-refractivity contribution in [3.05, 3.63) is 40.4 Å². The molecule has 0 saturated carbocycles. The SMILES string of the molecule is Cc1ccccc1-c1nc2c(s1)C(O)CCC2. The lowest BCUT2D eigenvalue weighted by molar-refractivity contribution is 0.160. The van der Waals surface area contributed by atoms with Crippen molar-refractivity contribution in [3.8, 4) is 10.6 Å². The number of thiazole rings is 1. The van der Waals surface area contributed by atoms with Gasteiger partial charge in [0.05, 0.1) is 16.7 Å².